The number of anilines is 1. The molecule has 0 aliphatic carbocycles. The lowest BCUT2D eigenvalue weighted by Crippen LogP contribution is -2.14. The van der Waals surface area contributed by atoms with Gasteiger partial charge in [0.05, 0.1) is 8.95 Å². The van der Waals surface area contributed by atoms with Gasteiger partial charge in [-0.3, -0.25) is 4.79 Å². The van der Waals surface area contributed by atoms with Crippen molar-refractivity contribution in [3.05, 3.63) is 95.4 Å². The molecule has 4 nitrogen and oxygen atoms in total. The molecule has 1 N–H and O–H groups in total. The monoisotopic (exact) mass is 650 g/mol. The van der Waals surface area contributed by atoms with Gasteiger partial charge in [0.2, 0.25) is 0 Å². The first-order valence-corrected chi connectivity index (χ1v) is 11.9. The largest absolute Gasteiger partial charge is 0.487 e. The van der Waals surface area contributed by atoms with E-state index in [4.69, 9.17) is 4.74 Å². The third-order valence-corrected chi connectivity index (χ3v) is 6.28. The standard InChI is InChI=1S/C24H17Br2IN2O2/c1-15-4-2-3-5-22(15)29-24(30)18(13-28)10-17-11-20(25)23(21(26)12-17)31-14-16-6-8-19(27)9-7-16/h2-12H,14H2,1H3,(H,29,30)/b18-10-. The molecule has 0 aromatic heterocycles. The maximum absolute atomic E-state index is 12.6. The van der Waals surface area contributed by atoms with Crippen molar-refractivity contribution in [3.8, 4) is 11.8 Å². The van der Waals surface area contributed by atoms with Crippen LogP contribution in [0.25, 0.3) is 6.08 Å². The van der Waals surface area contributed by atoms with Crippen LogP contribution in [0.5, 0.6) is 5.75 Å². The summed E-state index contributed by atoms with van der Waals surface area (Å²) in [7, 11) is 0. The van der Waals surface area contributed by atoms with Crippen molar-refractivity contribution in [2.45, 2.75) is 13.5 Å². The third-order valence-electron chi connectivity index (χ3n) is 4.39. The Labute approximate surface area is 211 Å². The van der Waals surface area contributed by atoms with Gasteiger partial charge in [0.25, 0.3) is 5.91 Å². The van der Waals surface area contributed by atoms with Gasteiger partial charge in [0.1, 0.15) is 24.0 Å². The number of nitrogens with zero attached hydrogens (tertiary/aromatic N) is 1. The summed E-state index contributed by atoms with van der Waals surface area (Å²) in [6.07, 6.45) is 1.55. The van der Waals surface area contributed by atoms with Crippen LogP contribution in [-0.4, -0.2) is 5.91 Å². The summed E-state index contributed by atoms with van der Waals surface area (Å²) in [5, 5.41) is 12.3. The zero-order valence-electron chi connectivity index (χ0n) is 16.5. The molecule has 0 heterocycles. The van der Waals surface area contributed by atoms with Crippen LogP contribution < -0.4 is 10.1 Å². The van der Waals surface area contributed by atoms with Crippen LogP contribution >= 0.6 is 54.5 Å². The molecule has 31 heavy (non-hydrogen) atoms. The minimum atomic E-state index is -0.455. The van der Waals surface area contributed by atoms with Crippen LogP contribution in [0, 0.1) is 21.8 Å². The molecule has 0 atom stereocenters. The van der Waals surface area contributed by atoms with E-state index in [9.17, 15) is 10.1 Å². The molecule has 156 valence electrons. The minimum absolute atomic E-state index is 0.00890. The average Bonchev–Trinajstić information content (AvgIpc) is 2.74. The predicted molar refractivity (Wildman–Crippen MR) is 139 cm³/mol. The first-order chi connectivity index (χ1) is 14.9. The number of para-hydroxylation sites is 1. The SMILES string of the molecule is Cc1ccccc1NC(=O)/C(C#N)=C\c1cc(Br)c(OCc2ccc(I)cc2)c(Br)c1. The number of hydrogen-bond donors (Lipinski definition) is 1. The van der Waals surface area contributed by atoms with E-state index in [-0.39, 0.29) is 5.57 Å². The number of ether oxygens (including phenoxy) is 1. The maximum Gasteiger partial charge on any atom is 0.266 e. The molecule has 0 saturated carbocycles. The molecule has 0 radical (unpaired) electrons. The first-order valence-electron chi connectivity index (χ1n) is 9.22. The average molecular weight is 652 g/mol. The van der Waals surface area contributed by atoms with E-state index < -0.39 is 5.91 Å². The van der Waals surface area contributed by atoms with E-state index in [0.717, 1.165) is 20.1 Å². The van der Waals surface area contributed by atoms with Gasteiger partial charge in [0, 0.05) is 9.26 Å². The Morgan fingerprint density at radius 3 is 2.39 bits per heavy atom. The lowest BCUT2D eigenvalue weighted by Gasteiger charge is -2.12. The fourth-order valence-electron chi connectivity index (χ4n) is 2.75. The third kappa shape index (κ3) is 6.42. The molecule has 0 unspecified atom stereocenters. The minimum Gasteiger partial charge on any atom is -0.487 e. The fraction of sp³-hybridized carbons (Fsp3) is 0.0833. The van der Waals surface area contributed by atoms with E-state index >= 15 is 0 Å². The van der Waals surface area contributed by atoms with Gasteiger partial charge in [-0.2, -0.15) is 5.26 Å². The lowest BCUT2D eigenvalue weighted by atomic mass is 10.1. The van der Waals surface area contributed by atoms with E-state index in [1.807, 2.05) is 67.6 Å². The molecule has 0 fully saturated rings. The molecule has 3 aromatic carbocycles. The number of carbonyl (C=O) groups excluding carboxylic acids is 1. The van der Waals surface area contributed by atoms with Crippen LogP contribution in [0.3, 0.4) is 0 Å². The molecule has 1 amide bonds. The molecule has 3 rings (SSSR count). The number of nitriles is 1. The first kappa shape index (κ1) is 23.5. The molecule has 0 aliphatic rings. The second-order valence-electron chi connectivity index (χ2n) is 6.67. The number of hydrogen-bond acceptors (Lipinski definition) is 3. The van der Waals surface area contributed by atoms with Crippen LogP contribution in [-0.2, 0) is 11.4 Å². The zero-order chi connectivity index (χ0) is 22.4. The molecule has 3 aromatic rings. The van der Waals surface area contributed by atoms with Gasteiger partial charge in [-0.25, -0.2) is 0 Å². The summed E-state index contributed by atoms with van der Waals surface area (Å²) in [6, 6.07) is 21.1. The summed E-state index contributed by atoms with van der Waals surface area (Å²) in [5.74, 6) is 0.196. The van der Waals surface area contributed by atoms with Gasteiger partial charge in [-0.15, -0.1) is 0 Å². The summed E-state index contributed by atoms with van der Waals surface area (Å²) in [4.78, 5) is 12.6. The summed E-state index contributed by atoms with van der Waals surface area (Å²) < 4.78 is 8.56. The molecule has 0 bridgehead atoms. The van der Waals surface area contributed by atoms with Crippen molar-refractivity contribution in [2.24, 2.45) is 0 Å². The second-order valence-corrected chi connectivity index (χ2v) is 9.62. The molecular weight excluding hydrogens is 635 g/mol. The quantitative estimate of drug-likeness (QED) is 0.174. The van der Waals surface area contributed by atoms with Crippen LogP contribution in [0.4, 0.5) is 5.69 Å². The Balaban J connectivity index is 1.78. The highest BCUT2D eigenvalue weighted by Crippen LogP contribution is 2.36. The Morgan fingerprint density at radius 1 is 1.13 bits per heavy atom. The number of amides is 1. The predicted octanol–water partition coefficient (Wildman–Crippen LogP) is 7.25. The van der Waals surface area contributed by atoms with Gasteiger partial charge < -0.3 is 10.1 Å². The Bertz CT molecular complexity index is 1160. The zero-order valence-corrected chi connectivity index (χ0v) is 21.8. The lowest BCUT2D eigenvalue weighted by molar-refractivity contribution is -0.112. The number of nitrogens with one attached hydrogen (secondary N) is 1. The van der Waals surface area contributed by atoms with Gasteiger partial charge in [-0.1, -0.05) is 30.3 Å². The Morgan fingerprint density at radius 2 is 1.77 bits per heavy atom. The van der Waals surface area contributed by atoms with Crippen LogP contribution in [0.15, 0.2) is 75.2 Å². The fourth-order valence-corrected chi connectivity index (χ4v) is 4.57. The number of carbonyl (C=O) groups is 1. The molecule has 0 saturated heterocycles. The normalized spacial score (nSPS) is 11.0. The van der Waals surface area contributed by atoms with Crippen LogP contribution in [0.2, 0.25) is 0 Å². The summed E-state index contributed by atoms with van der Waals surface area (Å²) in [6.45, 7) is 2.32. The van der Waals surface area contributed by atoms with Crippen molar-refractivity contribution in [2.75, 3.05) is 5.32 Å². The highest BCUT2D eigenvalue weighted by Gasteiger charge is 2.13. The number of halogens is 3. The highest BCUT2D eigenvalue weighted by atomic mass is 127. The molecule has 0 aliphatic heterocycles. The van der Waals surface area contributed by atoms with Crippen molar-refractivity contribution >= 4 is 72.1 Å². The van der Waals surface area contributed by atoms with Gasteiger partial charge >= 0.3 is 0 Å². The number of aryl methyl sites for hydroxylation is 1. The molecule has 0 spiro atoms. The smallest absolute Gasteiger partial charge is 0.266 e. The van der Waals surface area contributed by atoms with E-state index in [0.29, 0.717) is 23.6 Å². The van der Waals surface area contributed by atoms with Crippen molar-refractivity contribution < 1.29 is 9.53 Å². The topological polar surface area (TPSA) is 62.1 Å². The van der Waals surface area contributed by atoms with Gasteiger partial charge in [0.15, 0.2) is 0 Å². The van der Waals surface area contributed by atoms with E-state index in [1.54, 1.807) is 12.1 Å². The van der Waals surface area contributed by atoms with Crippen molar-refractivity contribution in [1.82, 2.24) is 0 Å². The van der Waals surface area contributed by atoms with E-state index in [2.05, 4.69) is 59.8 Å². The van der Waals surface area contributed by atoms with Crippen molar-refractivity contribution in [3.63, 3.8) is 0 Å². The summed E-state index contributed by atoms with van der Waals surface area (Å²) in [5.41, 5.74) is 3.36. The second kappa shape index (κ2) is 10.9. The van der Waals surface area contributed by atoms with E-state index in [1.165, 1.54) is 3.57 Å². The highest BCUT2D eigenvalue weighted by molar-refractivity contribution is 14.1. The molecular formula is C24H17Br2IN2O2. The van der Waals surface area contributed by atoms with Crippen LogP contribution in [0.1, 0.15) is 16.7 Å². The Hall–Kier alpha value is -2.15. The summed E-state index contributed by atoms with van der Waals surface area (Å²) >= 11 is 9.32. The molecule has 7 heteroatoms. The maximum atomic E-state index is 12.6. The van der Waals surface area contributed by atoms with Gasteiger partial charge in [-0.05, 0) is 114 Å². The number of rotatable bonds is 6. The van der Waals surface area contributed by atoms with Crippen molar-refractivity contribution in [1.29, 1.82) is 5.26 Å². The number of benzene rings is 3. The Kier molecular flexibility index (Phi) is 8.29.